The smallest absolute Gasteiger partial charge is 0.407 e. The van der Waals surface area contributed by atoms with E-state index >= 15 is 0 Å². The number of rotatable bonds is 11. The van der Waals surface area contributed by atoms with Gasteiger partial charge in [-0.1, -0.05) is 36.5 Å². The number of aromatic nitrogens is 2. The van der Waals surface area contributed by atoms with E-state index in [-0.39, 0.29) is 40.9 Å². The molecule has 0 radical (unpaired) electrons. The number of nitrogens with zero attached hydrogens (tertiary/aromatic N) is 2. The van der Waals surface area contributed by atoms with E-state index in [1.54, 1.807) is 57.2 Å². The summed E-state index contributed by atoms with van der Waals surface area (Å²) < 4.78 is 34.3. The van der Waals surface area contributed by atoms with Gasteiger partial charge in [0.2, 0.25) is 10.0 Å². The van der Waals surface area contributed by atoms with E-state index in [9.17, 15) is 22.8 Å². The van der Waals surface area contributed by atoms with E-state index in [0.717, 1.165) is 30.7 Å². The van der Waals surface area contributed by atoms with Crippen molar-refractivity contribution in [3.8, 4) is 10.6 Å². The molecule has 4 N–H and O–H groups in total. The molecule has 1 fully saturated rings. The van der Waals surface area contributed by atoms with Crippen molar-refractivity contribution in [2.45, 2.75) is 69.4 Å². The van der Waals surface area contributed by atoms with Gasteiger partial charge in [-0.15, -0.1) is 10.2 Å². The Labute approximate surface area is 259 Å². The molecule has 0 saturated heterocycles. The molecule has 0 atom stereocenters. The Hall–Kier alpha value is -4.14. The Balaban J connectivity index is 1.36. The first kappa shape index (κ1) is 31.3. The van der Waals surface area contributed by atoms with Gasteiger partial charge in [-0.25, -0.2) is 17.9 Å². The van der Waals surface area contributed by atoms with Gasteiger partial charge in [0.15, 0.2) is 0 Å². The number of sulfonamides is 1. The molecule has 1 amide bonds. The van der Waals surface area contributed by atoms with Gasteiger partial charge in [-0.3, -0.25) is 9.59 Å². The third-order valence-electron chi connectivity index (χ3n) is 7.24. The Morgan fingerprint density at radius 1 is 0.955 bits per heavy atom. The van der Waals surface area contributed by atoms with Gasteiger partial charge in [-0.2, -0.15) is 0 Å². The number of hydrogen-bond donors (Lipinski definition) is 4. The molecule has 5 rings (SSSR count). The Bertz CT molecular complexity index is 1810. The molecule has 4 aromatic rings. The van der Waals surface area contributed by atoms with Gasteiger partial charge in [0.25, 0.3) is 10.9 Å². The van der Waals surface area contributed by atoms with Crippen LogP contribution in [0.15, 0.2) is 63.0 Å². The topological polar surface area (TPSA) is 168 Å². The molecule has 12 nitrogen and oxygen atoms in total. The molecule has 0 aliphatic heterocycles. The van der Waals surface area contributed by atoms with Crippen molar-refractivity contribution in [1.29, 1.82) is 0 Å². The van der Waals surface area contributed by atoms with E-state index in [4.69, 9.17) is 4.74 Å². The third kappa shape index (κ3) is 6.98. The number of alkyl carbamates (subject to hydrolysis) is 1. The van der Waals surface area contributed by atoms with Crippen LogP contribution in [0, 0.1) is 0 Å². The summed E-state index contributed by atoms with van der Waals surface area (Å²) >= 11 is 1.34. The number of nitrogens with one attached hydrogen (secondary N) is 4. The van der Waals surface area contributed by atoms with Crippen LogP contribution in [0.25, 0.3) is 10.6 Å². The number of hydrogen-bond acceptors (Lipinski definition) is 11. The maximum Gasteiger partial charge on any atom is 0.407 e. The second kappa shape index (κ2) is 13.2. The first-order valence-corrected chi connectivity index (χ1v) is 16.7. The fourth-order valence-electron chi connectivity index (χ4n) is 5.12. The third-order valence-corrected chi connectivity index (χ3v) is 9.95. The molecule has 14 heteroatoms. The first-order valence-electron chi connectivity index (χ1n) is 14.4. The Morgan fingerprint density at radius 3 is 2.25 bits per heavy atom. The second-order valence-corrected chi connectivity index (χ2v) is 13.6. The van der Waals surface area contributed by atoms with Crippen LogP contribution in [0.5, 0.6) is 0 Å². The maximum absolute atomic E-state index is 13.3. The predicted octanol–water partition coefficient (Wildman–Crippen LogP) is 4.75. The van der Waals surface area contributed by atoms with Crippen LogP contribution in [-0.4, -0.2) is 43.4 Å². The minimum Gasteiger partial charge on any atom is -0.447 e. The van der Waals surface area contributed by atoms with Crippen LogP contribution >= 0.6 is 11.3 Å². The summed E-state index contributed by atoms with van der Waals surface area (Å²) in [7, 11) is -3.95. The van der Waals surface area contributed by atoms with Crippen LogP contribution in [-0.2, 0) is 14.8 Å². The highest BCUT2D eigenvalue weighted by atomic mass is 32.2. The summed E-state index contributed by atoms with van der Waals surface area (Å²) in [5.74, 6) is 0.139. The summed E-state index contributed by atoms with van der Waals surface area (Å²) in [6, 6.07) is 13.7. The summed E-state index contributed by atoms with van der Waals surface area (Å²) in [5, 5.41) is 18.8. The number of carbonyl (C=O) groups excluding carboxylic acids is 1. The molecule has 0 unspecified atom stereocenters. The van der Waals surface area contributed by atoms with Crippen molar-refractivity contribution < 1.29 is 17.9 Å². The van der Waals surface area contributed by atoms with Gasteiger partial charge in [0, 0.05) is 35.4 Å². The summed E-state index contributed by atoms with van der Waals surface area (Å²) in [6.07, 6.45) is 2.54. The molecule has 0 spiro atoms. The molecule has 1 aliphatic carbocycles. The maximum atomic E-state index is 13.3. The van der Waals surface area contributed by atoms with Gasteiger partial charge in [0.05, 0.1) is 11.0 Å². The molecule has 3 aromatic carbocycles. The lowest BCUT2D eigenvalue weighted by atomic mass is 9.86. The van der Waals surface area contributed by atoms with Crippen LogP contribution < -0.4 is 31.5 Å². The minimum atomic E-state index is -3.95. The van der Waals surface area contributed by atoms with E-state index in [2.05, 4.69) is 30.9 Å². The average molecular weight is 639 g/mol. The highest BCUT2D eigenvalue weighted by molar-refractivity contribution is 7.89. The molecule has 1 aliphatic rings. The zero-order valence-electron chi connectivity index (χ0n) is 24.5. The fourth-order valence-corrected chi connectivity index (χ4v) is 7.50. The van der Waals surface area contributed by atoms with E-state index in [1.807, 2.05) is 6.07 Å². The molecule has 1 saturated carbocycles. The monoisotopic (exact) mass is 638 g/mol. The molecule has 0 bridgehead atoms. The van der Waals surface area contributed by atoms with Crippen LogP contribution in [0.4, 0.5) is 27.5 Å². The molecule has 1 aromatic heterocycles. The minimum absolute atomic E-state index is 0.0261. The van der Waals surface area contributed by atoms with Gasteiger partial charge in [-0.05, 0) is 69.9 Å². The number of para-hydroxylation sites is 1. The molecular weight excluding hydrogens is 605 g/mol. The summed E-state index contributed by atoms with van der Waals surface area (Å²) in [4.78, 5) is 36.7. The zero-order chi connectivity index (χ0) is 31.4. The molecule has 44 heavy (non-hydrogen) atoms. The van der Waals surface area contributed by atoms with Crippen molar-refractivity contribution in [2.75, 3.05) is 17.2 Å². The van der Waals surface area contributed by atoms with Gasteiger partial charge in [0.1, 0.15) is 21.4 Å². The van der Waals surface area contributed by atoms with E-state index < -0.39 is 27.0 Å². The second-order valence-electron chi connectivity index (χ2n) is 10.8. The fraction of sp³-hybridized carbons (Fsp3) is 0.367. The molecule has 1 heterocycles. The largest absolute Gasteiger partial charge is 0.447 e. The van der Waals surface area contributed by atoms with Crippen molar-refractivity contribution in [2.24, 2.45) is 0 Å². The Morgan fingerprint density at radius 2 is 1.61 bits per heavy atom. The van der Waals surface area contributed by atoms with E-state index in [1.165, 1.54) is 17.4 Å². The van der Waals surface area contributed by atoms with Gasteiger partial charge >= 0.3 is 6.09 Å². The number of anilines is 4. The quantitative estimate of drug-likeness (QED) is 0.168. The standard InChI is InChI=1S/C30H34N6O6S2/c1-4-31-44(40,41)23-16-21(33-25-24(26(37)27(25)38)32-19-8-6-5-7-9-19)14-15-22(23)29-36-35-28(43-29)18-10-12-20(13-11-18)34-30(39)42-17(2)3/h5-9,14-18,20,31-33H,4,10-13H2,1-3H3,(H,34,39). The van der Waals surface area contributed by atoms with Crippen molar-refractivity contribution in [3.05, 3.63) is 74.0 Å². The van der Waals surface area contributed by atoms with E-state index in [0.29, 0.717) is 21.9 Å². The SMILES string of the molecule is CCNS(=O)(=O)c1cc(Nc2c(Nc3ccccc3)c(=O)c2=O)ccc1-c1nnc(C2CCC(NC(=O)OC(C)C)CC2)s1. The number of ether oxygens (including phenoxy) is 1. The van der Waals surface area contributed by atoms with Crippen LogP contribution in [0.3, 0.4) is 0 Å². The first-order chi connectivity index (χ1) is 21.1. The number of amides is 1. The highest BCUT2D eigenvalue weighted by Gasteiger charge is 2.29. The predicted molar refractivity (Wildman–Crippen MR) is 170 cm³/mol. The number of benzene rings is 2. The summed E-state index contributed by atoms with van der Waals surface area (Å²) in [5.41, 5.74) is 0.142. The van der Waals surface area contributed by atoms with Crippen LogP contribution in [0.1, 0.15) is 57.4 Å². The highest BCUT2D eigenvalue weighted by Crippen LogP contribution is 2.39. The van der Waals surface area contributed by atoms with Crippen molar-refractivity contribution in [1.82, 2.24) is 20.2 Å². The lowest BCUT2D eigenvalue weighted by Gasteiger charge is -2.27. The average Bonchev–Trinajstić information content (AvgIpc) is 3.49. The summed E-state index contributed by atoms with van der Waals surface area (Å²) in [6.45, 7) is 5.46. The lowest BCUT2D eigenvalue weighted by molar-refractivity contribution is 0.109. The number of carbonyl (C=O) groups is 1. The van der Waals surface area contributed by atoms with Crippen molar-refractivity contribution in [3.63, 3.8) is 0 Å². The normalized spacial score (nSPS) is 17.0. The van der Waals surface area contributed by atoms with Crippen molar-refractivity contribution >= 4 is 50.2 Å². The zero-order valence-corrected chi connectivity index (χ0v) is 26.2. The molecule has 232 valence electrons. The Kier molecular flexibility index (Phi) is 9.42. The van der Waals surface area contributed by atoms with Crippen LogP contribution in [0.2, 0.25) is 0 Å². The lowest BCUT2D eigenvalue weighted by Crippen LogP contribution is -2.38. The van der Waals surface area contributed by atoms with Gasteiger partial charge < -0.3 is 20.7 Å². The molecular formula is C30H34N6O6S2.